The van der Waals surface area contributed by atoms with E-state index in [4.69, 9.17) is 25.6 Å². The zero-order valence-corrected chi connectivity index (χ0v) is 23.1. The number of rotatable bonds is 8. The summed E-state index contributed by atoms with van der Waals surface area (Å²) in [5.41, 5.74) is 2.15. The molecule has 1 aliphatic rings. The summed E-state index contributed by atoms with van der Waals surface area (Å²) in [6.07, 6.45) is 7.02. The number of nitrogens with zero attached hydrogens (tertiary/aromatic N) is 2. The van der Waals surface area contributed by atoms with Crippen LogP contribution < -0.4 is 24.4 Å². The fourth-order valence-electron chi connectivity index (χ4n) is 4.56. The molecule has 5 rings (SSSR count). The summed E-state index contributed by atoms with van der Waals surface area (Å²) in [6, 6.07) is 19.3. The van der Waals surface area contributed by atoms with Crippen LogP contribution in [0.2, 0.25) is 0 Å². The summed E-state index contributed by atoms with van der Waals surface area (Å²) in [6.45, 7) is 1.93. The summed E-state index contributed by atoms with van der Waals surface area (Å²) in [7, 11) is 1.51. The van der Waals surface area contributed by atoms with Gasteiger partial charge in [-0.05, 0) is 48.4 Å². The first-order valence-electron chi connectivity index (χ1n) is 12.7. The van der Waals surface area contributed by atoms with Crippen molar-refractivity contribution in [3.05, 3.63) is 121 Å². The molecule has 4 aromatic rings. The maximum atomic E-state index is 14.0. The van der Waals surface area contributed by atoms with Gasteiger partial charge in [0.2, 0.25) is 0 Å². The molecular formula is C32H25FN2O5S. The minimum atomic E-state index is -0.891. The number of halogens is 1. The second kappa shape index (κ2) is 12.1. The molecule has 41 heavy (non-hydrogen) atoms. The molecule has 1 atom stereocenters. The predicted octanol–water partition coefficient (Wildman–Crippen LogP) is 4.10. The Balaban J connectivity index is 1.75. The number of esters is 1. The van der Waals surface area contributed by atoms with E-state index in [0.717, 1.165) is 0 Å². The van der Waals surface area contributed by atoms with E-state index in [1.165, 1.54) is 35.1 Å². The average Bonchev–Trinajstić information content (AvgIpc) is 3.30. The summed E-state index contributed by atoms with van der Waals surface area (Å²) < 4.78 is 32.2. The van der Waals surface area contributed by atoms with Crippen molar-refractivity contribution in [3.8, 4) is 23.8 Å². The lowest BCUT2D eigenvalue weighted by molar-refractivity contribution is -0.138. The van der Waals surface area contributed by atoms with Gasteiger partial charge >= 0.3 is 5.97 Å². The normalized spacial score (nSPS) is 14.6. The van der Waals surface area contributed by atoms with Crippen molar-refractivity contribution in [1.29, 1.82) is 0 Å². The van der Waals surface area contributed by atoms with Gasteiger partial charge in [0.15, 0.2) is 16.3 Å². The van der Waals surface area contributed by atoms with Crippen molar-refractivity contribution in [3.63, 3.8) is 0 Å². The van der Waals surface area contributed by atoms with E-state index < -0.39 is 17.8 Å². The highest BCUT2D eigenvalue weighted by Gasteiger charge is 2.35. The molecule has 0 spiro atoms. The fourth-order valence-corrected chi connectivity index (χ4v) is 5.57. The van der Waals surface area contributed by atoms with Crippen LogP contribution in [0.3, 0.4) is 0 Å². The second-order valence-electron chi connectivity index (χ2n) is 8.89. The van der Waals surface area contributed by atoms with Gasteiger partial charge in [-0.1, -0.05) is 65.8 Å². The fraction of sp³-hybridized carbons (Fsp3) is 0.156. The first kappa shape index (κ1) is 27.6. The van der Waals surface area contributed by atoms with Gasteiger partial charge in [-0.25, -0.2) is 14.2 Å². The van der Waals surface area contributed by atoms with Crippen molar-refractivity contribution >= 4 is 29.1 Å². The molecule has 0 N–H and O–H groups in total. The molecule has 9 heteroatoms. The summed E-state index contributed by atoms with van der Waals surface area (Å²) in [4.78, 5) is 32.6. The van der Waals surface area contributed by atoms with Crippen molar-refractivity contribution in [1.82, 2.24) is 4.57 Å². The lowest BCUT2D eigenvalue weighted by Crippen LogP contribution is -2.40. The molecule has 206 valence electrons. The molecule has 7 nitrogen and oxygen atoms in total. The Bertz CT molecular complexity index is 1850. The number of hydrogen-bond acceptors (Lipinski definition) is 7. The smallest absolute Gasteiger partial charge is 0.338 e. The SMILES string of the molecule is C#CCOc1ccc(/C=c2/sc3n(c2=O)C(c2ccc(F)cc2)C(C(=O)OCC)=C(c2ccccc2)N=3)cc1OC. The molecule has 1 aliphatic heterocycles. The minimum Gasteiger partial charge on any atom is -0.493 e. The van der Waals surface area contributed by atoms with Gasteiger partial charge in [-0.2, -0.15) is 0 Å². The Hall–Kier alpha value is -4.94. The van der Waals surface area contributed by atoms with Crippen LogP contribution in [0, 0.1) is 18.2 Å². The average molecular weight is 569 g/mol. The Labute approximate surface area is 239 Å². The monoisotopic (exact) mass is 568 g/mol. The maximum absolute atomic E-state index is 14.0. The second-order valence-corrected chi connectivity index (χ2v) is 9.90. The van der Waals surface area contributed by atoms with E-state index in [1.54, 1.807) is 43.3 Å². The highest BCUT2D eigenvalue weighted by molar-refractivity contribution is 7.07. The number of ether oxygens (including phenoxy) is 3. The van der Waals surface area contributed by atoms with Crippen LogP contribution in [0.1, 0.15) is 29.7 Å². The molecule has 0 aliphatic carbocycles. The predicted molar refractivity (Wildman–Crippen MR) is 155 cm³/mol. The molecule has 0 saturated heterocycles. The van der Waals surface area contributed by atoms with Crippen LogP contribution in [0.15, 0.2) is 88.2 Å². The number of hydrogen-bond donors (Lipinski definition) is 0. The molecule has 0 radical (unpaired) electrons. The van der Waals surface area contributed by atoms with Crippen LogP contribution in [0.5, 0.6) is 11.5 Å². The molecule has 0 amide bonds. The number of thiazole rings is 1. The maximum Gasteiger partial charge on any atom is 0.338 e. The van der Waals surface area contributed by atoms with E-state index in [9.17, 15) is 14.0 Å². The van der Waals surface area contributed by atoms with Crippen molar-refractivity contribution in [2.75, 3.05) is 20.3 Å². The van der Waals surface area contributed by atoms with Crippen LogP contribution in [0.25, 0.3) is 11.8 Å². The number of aromatic nitrogens is 1. The van der Waals surface area contributed by atoms with Crippen LogP contribution >= 0.6 is 11.3 Å². The first-order chi connectivity index (χ1) is 19.9. The first-order valence-corrected chi connectivity index (χ1v) is 13.5. The standard InChI is InChI=1S/C32H25FN2O5S/c1-4-17-40-24-16-11-20(18-25(24)38-3)19-26-30(36)35-29(22-12-14-23(33)15-13-22)27(31(37)39-5-2)28(34-32(35)41-26)21-9-7-6-8-10-21/h1,6-16,18-19,29H,5,17H2,2-3H3/b26-19+. The van der Waals surface area contributed by atoms with Crippen molar-refractivity contribution in [2.24, 2.45) is 4.99 Å². The Kier molecular flexibility index (Phi) is 8.13. The van der Waals surface area contributed by atoms with E-state index in [0.29, 0.717) is 43.2 Å². The minimum absolute atomic E-state index is 0.0875. The largest absolute Gasteiger partial charge is 0.493 e. The van der Waals surface area contributed by atoms with Crippen LogP contribution in [-0.4, -0.2) is 30.9 Å². The summed E-state index contributed by atoms with van der Waals surface area (Å²) in [5.74, 6) is 2.31. The highest BCUT2D eigenvalue weighted by atomic mass is 32.1. The van der Waals surface area contributed by atoms with Gasteiger partial charge in [0.25, 0.3) is 5.56 Å². The van der Waals surface area contributed by atoms with Crippen LogP contribution in [-0.2, 0) is 9.53 Å². The Morgan fingerprint density at radius 1 is 1.12 bits per heavy atom. The van der Waals surface area contributed by atoms with E-state index >= 15 is 0 Å². The van der Waals surface area contributed by atoms with Gasteiger partial charge in [0.1, 0.15) is 12.4 Å². The van der Waals surface area contributed by atoms with Crippen LogP contribution in [0.4, 0.5) is 4.39 Å². The highest BCUT2D eigenvalue weighted by Crippen LogP contribution is 2.35. The molecule has 0 fully saturated rings. The number of carbonyl (C=O) groups is 1. The molecular weight excluding hydrogens is 543 g/mol. The van der Waals surface area contributed by atoms with E-state index in [-0.39, 0.29) is 24.3 Å². The van der Waals surface area contributed by atoms with Crippen molar-refractivity contribution in [2.45, 2.75) is 13.0 Å². The van der Waals surface area contributed by atoms with E-state index in [2.05, 4.69) is 5.92 Å². The molecule has 1 unspecified atom stereocenters. The number of terminal acetylenes is 1. The Morgan fingerprint density at radius 2 is 1.88 bits per heavy atom. The topological polar surface area (TPSA) is 79.1 Å². The summed E-state index contributed by atoms with van der Waals surface area (Å²) in [5, 5.41) is 0. The molecule has 1 aromatic heterocycles. The quantitative estimate of drug-likeness (QED) is 0.236. The van der Waals surface area contributed by atoms with Gasteiger partial charge in [0, 0.05) is 5.56 Å². The van der Waals surface area contributed by atoms with E-state index in [1.807, 2.05) is 30.3 Å². The zero-order chi connectivity index (χ0) is 28.9. The third-order valence-electron chi connectivity index (χ3n) is 6.36. The lowest BCUT2D eigenvalue weighted by atomic mass is 9.93. The van der Waals surface area contributed by atoms with Gasteiger partial charge in [-0.15, -0.1) is 6.42 Å². The number of methoxy groups -OCH3 is 1. The number of benzene rings is 3. The van der Waals surface area contributed by atoms with Gasteiger partial charge < -0.3 is 14.2 Å². The van der Waals surface area contributed by atoms with Crippen molar-refractivity contribution < 1.29 is 23.4 Å². The third kappa shape index (κ3) is 5.55. The number of fused-ring (bicyclic) bond motifs is 1. The molecule has 2 heterocycles. The molecule has 0 bridgehead atoms. The molecule has 0 saturated carbocycles. The Morgan fingerprint density at radius 3 is 2.56 bits per heavy atom. The number of carbonyl (C=O) groups excluding carboxylic acids is 1. The van der Waals surface area contributed by atoms with Gasteiger partial charge in [0.05, 0.1) is 35.6 Å². The van der Waals surface area contributed by atoms with Gasteiger partial charge in [-0.3, -0.25) is 9.36 Å². The molecule has 3 aromatic carbocycles. The lowest BCUT2D eigenvalue weighted by Gasteiger charge is -2.25. The third-order valence-corrected chi connectivity index (χ3v) is 7.34. The zero-order valence-electron chi connectivity index (χ0n) is 22.3. The summed E-state index contributed by atoms with van der Waals surface area (Å²) >= 11 is 1.18.